The van der Waals surface area contributed by atoms with Crippen LogP contribution in [0, 0.1) is 16.7 Å². The normalized spacial score (nSPS) is 13.2. The van der Waals surface area contributed by atoms with E-state index in [-0.39, 0.29) is 5.41 Å². The molecule has 1 atom stereocenters. The van der Waals surface area contributed by atoms with Gasteiger partial charge in [0.1, 0.15) is 0 Å². The van der Waals surface area contributed by atoms with E-state index in [9.17, 15) is 0 Å². The van der Waals surface area contributed by atoms with Crippen LogP contribution in [-0.2, 0) is 0 Å². The highest BCUT2D eigenvalue weighted by atomic mass is 14.9. The number of nitriles is 1. The van der Waals surface area contributed by atoms with Gasteiger partial charge in [-0.2, -0.15) is 5.26 Å². The molecule has 110 valence electrons. The second-order valence-electron chi connectivity index (χ2n) is 6.75. The Balaban J connectivity index is 2.54. The molecule has 0 amide bonds. The molecule has 0 bridgehead atoms. The molecule has 1 aromatic rings. The van der Waals surface area contributed by atoms with Gasteiger partial charge >= 0.3 is 0 Å². The first-order valence-corrected chi connectivity index (χ1v) is 7.56. The van der Waals surface area contributed by atoms with Crippen molar-refractivity contribution < 1.29 is 0 Å². The lowest BCUT2D eigenvalue weighted by atomic mass is 9.87. The minimum atomic E-state index is 0.169. The van der Waals surface area contributed by atoms with Crippen LogP contribution < -0.4 is 5.32 Å². The van der Waals surface area contributed by atoms with Gasteiger partial charge in [0.15, 0.2) is 0 Å². The van der Waals surface area contributed by atoms with E-state index in [4.69, 9.17) is 5.26 Å². The van der Waals surface area contributed by atoms with Crippen LogP contribution in [0.5, 0.6) is 0 Å². The van der Waals surface area contributed by atoms with Gasteiger partial charge in [-0.1, -0.05) is 52.0 Å². The maximum absolute atomic E-state index is 8.69. The van der Waals surface area contributed by atoms with Gasteiger partial charge in [0.2, 0.25) is 0 Å². The highest BCUT2D eigenvalue weighted by molar-refractivity contribution is 5.26. The van der Waals surface area contributed by atoms with E-state index in [0.29, 0.717) is 18.4 Å². The fourth-order valence-corrected chi connectivity index (χ4v) is 2.20. The van der Waals surface area contributed by atoms with E-state index in [2.05, 4.69) is 70.3 Å². The molecule has 1 aromatic carbocycles. The van der Waals surface area contributed by atoms with Crippen molar-refractivity contribution in [3.05, 3.63) is 35.4 Å². The number of rotatable bonds is 7. The van der Waals surface area contributed by atoms with Gasteiger partial charge in [-0.3, -0.25) is 0 Å². The summed E-state index contributed by atoms with van der Waals surface area (Å²) in [5.41, 5.74) is 2.88. The minimum absolute atomic E-state index is 0.169. The Bertz CT molecular complexity index is 437. The first-order valence-electron chi connectivity index (χ1n) is 7.56. The van der Waals surface area contributed by atoms with Gasteiger partial charge in [-0.15, -0.1) is 0 Å². The third kappa shape index (κ3) is 5.35. The molecule has 2 nitrogen and oxygen atoms in total. The van der Waals surface area contributed by atoms with Crippen molar-refractivity contribution in [2.24, 2.45) is 5.41 Å². The summed E-state index contributed by atoms with van der Waals surface area (Å²) in [4.78, 5) is 0. The fourth-order valence-electron chi connectivity index (χ4n) is 2.20. The van der Waals surface area contributed by atoms with E-state index in [0.717, 1.165) is 13.0 Å². The lowest BCUT2D eigenvalue weighted by molar-refractivity contribution is 0.305. The van der Waals surface area contributed by atoms with Gasteiger partial charge in [0.25, 0.3) is 0 Å². The van der Waals surface area contributed by atoms with Gasteiger partial charge in [-0.05, 0) is 35.8 Å². The van der Waals surface area contributed by atoms with E-state index in [1.165, 1.54) is 11.1 Å². The molecule has 0 radical (unpaired) electrons. The molecule has 0 saturated carbocycles. The number of nitrogens with one attached hydrogen (secondary N) is 1. The van der Waals surface area contributed by atoms with Crippen molar-refractivity contribution in [3.8, 4) is 6.07 Å². The molecule has 1 N–H and O–H groups in total. The second-order valence-corrected chi connectivity index (χ2v) is 6.75. The third-order valence-electron chi connectivity index (χ3n) is 3.90. The molecule has 0 aliphatic heterocycles. The standard InChI is InChI=1S/C18H28N2/c1-14(2)16-7-9-17(10-8-16)15(3)20-13-18(4,5)11-6-12-19/h7-10,14-15,20H,6,11,13H2,1-5H3. The minimum Gasteiger partial charge on any atom is -0.310 e. The molecule has 0 spiro atoms. The Kier molecular flexibility index (Phi) is 6.23. The molecule has 2 heteroatoms. The summed E-state index contributed by atoms with van der Waals surface area (Å²) in [5, 5.41) is 12.3. The highest BCUT2D eigenvalue weighted by Crippen LogP contribution is 2.23. The van der Waals surface area contributed by atoms with Crippen LogP contribution in [0.4, 0.5) is 0 Å². The summed E-state index contributed by atoms with van der Waals surface area (Å²) in [6.07, 6.45) is 1.57. The summed E-state index contributed by atoms with van der Waals surface area (Å²) in [6, 6.07) is 11.5. The van der Waals surface area contributed by atoms with E-state index in [1.807, 2.05) is 0 Å². The second kappa shape index (κ2) is 7.45. The molecule has 0 aliphatic carbocycles. The van der Waals surface area contributed by atoms with Crippen molar-refractivity contribution >= 4 is 0 Å². The zero-order valence-electron chi connectivity index (χ0n) is 13.5. The largest absolute Gasteiger partial charge is 0.310 e. The Morgan fingerprint density at radius 2 is 1.65 bits per heavy atom. The quantitative estimate of drug-likeness (QED) is 0.774. The maximum Gasteiger partial charge on any atom is 0.0621 e. The number of benzene rings is 1. The predicted molar refractivity (Wildman–Crippen MR) is 85.6 cm³/mol. The average Bonchev–Trinajstić information content (AvgIpc) is 2.43. The lowest BCUT2D eigenvalue weighted by Crippen LogP contribution is -2.31. The number of hydrogen-bond donors (Lipinski definition) is 1. The average molecular weight is 272 g/mol. The maximum atomic E-state index is 8.69. The molecule has 1 rings (SSSR count). The Labute approximate surface area is 124 Å². The number of nitrogens with zero attached hydrogens (tertiary/aromatic N) is 1. The Morgan fingerprint density at radius 1 is 1.10 bits per heavy atom. The van der Waals surface area contributed by atoms with E-state index < -0.39 is 0 Å². The van der Waals surface area contributed by atoms with Crippen LogP contribution >= 0.6 is 0 Å². The van der Waals surface area contributed by atoms with Crippen LogP contribution in [0.1, 0.15) is 70.5 Å². The molecular formula is C18H28N2. The van der Waals surface area contributed by atoms with Crippen molar-refractivity contribution in [1.29, 1.82) is 5.26 Å². The molecule has 1 unspecified atom stereocenters. The SMILES string of the molecule is CC(C)c1ccc(C(C)NCC(C)(C)CCC#N)cc1. The molecule has 0 fully saturated rings. The summed E-state index contributed by atoms with van der Waals surface area (Å²) < 4.78 is 0. The molecule has 0 aliphatic rings. The monoisotopic (exact) mass is 272 g/mol. The zero-order valence-corrected chi connectivity index (χ0v) is 13.5. The van der Waals surface area contributed by atoms with E-state index in [1.54, 1.807) is 0 Å². The van der Waals surface area contributed by atoms with Crippen LogP contribution in [-0.4, -0.2) is 6.54 Å². The first kappa shape index (κ1) is 16.7. The van der Waals surface area contributed by atoms with Gasteiger partial charge in [0.05, 0.1) is 6.07 Å². The highest BCUT2D eigenvalue weighted by Gasteiger charge is 2.18. The lowest BCUT2D eigenvalue weighted by Gasteiger charge is -2.26. The van der Waals surface area contributed by atoms with Crippen molar-refractivity contribution in [3.63, 3.8) is 0 Å². The molecule has 0 saturated heterocycles. The zero-order chi connectivity index (χ0) is 15.2. The van der Waals surface area contributed by atoms with Crippen molar-refractivity contribution in [2.75, 3.05) is 6.54 Å². The Morgan fingerprint density at radius 3 is 2.15 bits per heavy atom. The molecule has 0 heterocycles. The predicted octanol–water partition coefficient (Wildman–Crippen LogP) is 4.79. The van der Waals surface area contributed by atoms with Crippen LogP contribution in [0.25, 0.3) is 0 Å². The fraction of sp³-hybridized carbons (Fsp3) is 0.611. The van der Waals surface area contributed by atoms with Crippen molar-refractivity contribution in [1.82, 2.24) is 5.32 Å². The van der Waals surface area contributed by atoms with E-state index >= 15 is 0 Å². The number of hydrogen-bond acceptors (Lipinski definition) is 2. The van der Waals surface area contributed by atoms with Crippen LogP contribution in [0.2, 0.25) is 0 Å². The van der Waals surface area contributed by atoms with Crippen molar-refractivity contribution in [2.45, 2.75) is 59.4 Å². The van der Waals surface area contributed by atoms with Gasteiger partial charge < -0.3 is 5.32 Å². The van der Waals surface area contributed by atoms with Gasteiger partial charge in [0, 0.05) is 19.0 Å². The summed E-state index contributed by atoms with van der Waals surface area (Å²) >= 11 is 0. The third-order valence-corrected chi connectivity index (χ3v) is 3.90. The molecular weight excluding hydrogens is 244 g/mol. The van der Waals surface area contributed by atoms with Crippen LogP contribution in [0.15, 0.2) is 24.3 Å². The Hall–Kier alpha value is -1.33. The summed E-state index contributed by atoms with van der Waals surface area (Å²) in [7, 11) is 0. The first-order chi connectivity index (χ1) is 9.35. The summed E-state index contributed by atoms with van der Waals surface area (Å²) in [5.74, 6) is 0.581. The van der Waals surface area contributed by atoms with Gasteiger partial charge in [-0.25, -0.2) is 0 Å². The molecule has 20 heavy (non-hydrogen) atoms. The summed E-state index contributed by atoms with van der Waals surface area (Å²) in [6.45, 7) is 12.0. The van der Waals surface area contributed by atoms with Crippen LogP contribution in [0.3, 0.4) is 0 Å². The molecule has 0 aromatic heterocycles. The topological polar surface area (TPSA) is 35.8 Å². The smallest absolute Gasteiger partial charge is 0.0621 e.